The number of hydrogen-bond acceptors (Lipinski definition) is 2. The fourth-order valence-corrected chi connectivity index (χ4v) is 3.68. The molecular formula is C27H44O2. The van der Waals surface area contributed by atoms with Crippen molar-refractivity contribution < 1.29 is 9.47 Å². The Labute approximate surface area is 180 Å². The number of ether oxygens (including phenoxy) is 2. The Balaban J connectivity index is 1.33. The molecule has 0 bridgehead atoms. The van der Waals surface area contributed by atoms with Gasteiger partial charge < -0.3 is 9.47 Å². The highest BCUT2D eigenvalue weighted by Crippen LogP contribution is 2.17. The summed E-state index contributed by atoms with van der Waals surface area (Å²) in [6.07, 6.45) is 25.5. The Morgan fingerprint density at radius 2 is 1.34 bits per heavy atom. The molecule has 1 atom stereocenters. The van der Waals surface area contributed by atoms with Gasteiger partial charge in [-0.1, -0.05) is 89.0 Å². The molecule has 0 saturated carbocycles. The molecule has 1 saturated heterocycles. The highest BCUT2D eigenvalue weighted by molar-refractivity contribution is 5.27. The van der Waals surface area contributed by atoms with Crippen LogP contribution < -0.4 is 4.74 Å². The van der Waals surface area contributed by atoms with Crippen molar-refractivity contribution >= 4 is 0 Å². The fourth-order valence-electron chi connectivity index (χ4n) is 3.68. The first-order valence-electron chi connectivity index (χ1n) is 12.4. The lowest BCUT2D eigenvalue weighted by Gasteiger charge is -2.06. The molecule has 1 aromatic carbocycles. The first-order valence-corrected chi connectivity index (χ1v) is 12.4. The summed E-state index contributed by atoms with van der Waals surface area (Å²) >= 11 is 0. The molecule has 1 aromatic rings. The summed E-state index contributed by atoms with van der Waals surface area (Å²) in [4.78, 5) is 0. The van der Waals surface area contributed by atoms with Gasteiger partial charge in [0.25, 0.3) is 0 Å². The topological polar surface area (TPSA) is 21.8 Å². The first-order chi connectivity index (χ1) is 14.4. The number of rotatable bonds is 19. The number of allylic oxidation sites excluding steroid dienone is 2. The molecule has 2 rings (SSSR count). The van der Waals surface area contributed by atoms with Crippen LogP contribution >= 0.6 is 0 Å². The van der Waals surface area contributed by atoms with E-state index in [0.29, 0.717) is 12.7 Å². The third-order valence-electron chi connectivity index (χ3n) is 5.74. The molecule has 0 spiro atoms. The predicted molar refractivity (Wildman–Crippen MR) is 125 cm³/mol. The second kappa shape index (κ2) is 16.5. The van der Waals surface area contributed by atoms with Crippen molar-refractivity contribution in [3.05, 3.63) is 42.0 Å². The molecule has 1 fully saturated rings. The van der Waals surface area contributed by atoms with E-state index in [1.54, 1.807) is 0 Å². The molecule has 0 aliphatic carbocycles. The van der Waals surface area contributed by atoms with Crippen molar-refractivity contribution in [3.8, 4) is 5.75 Å². The maximum atomic E-state index is 5.69. The summed E-state index contributed by atoms with van der Waals surface area (Å²) in [5.41, 5.74) is 1.42. The van der Waals surface area contributed by atoms with Crippen LogP contribution in [0.15, 0.2) is 36.4 Å². The quantitative estimate of drug-likeness (QED) is 0.133. The van der Waals surface area contributed by atoms with E-state index in [-0.39, 0.29) is 0 Å². The molecule has 1 aliphatic heterocycles. The van der Waals surface area contributed by atoms with Crippen LogP contribution in [0.3, 0.4) is 0 Å². The minimum absolute atomic E-state index is 0.328. The summed E-state index contributed by atoms with van der Waals surface area (Å²) in [6, 6.07) is 8.60. The maximum absolute atomic E-state index is 5.69. The van der Waals surface area contributed by atoms with E-state index < -0.39 is 0 Å². The van der Waals surface area contributed by atoms with E-state index in [1.165, 1.54) is 102 Å². The van der Waals surface area contributed by atoms with Gasteiger partial charge in [-0.2, -0.15) is 0 Å². The second-order valence-electron chi connectivity index (χ2n) is 8.60. The molecule has 0 aromatic heterocycles. The summed E-state index contributed by atoms with van der Waals surface area (Å²) in [6.45, 7) is 3.83. The van der Waals surface area contributed by atoms with E-state index in [4.69, 9.17) is 9.47 Å². The Hall–Kier alpha value is -1.28. The lowest BCUT2D eigenvalue weighted by Crippen LogP contribution is -2.03. The lowest BCUT2D eigenvalue weighted by atomic mass is 10.0. The van der Waals surface area contributed by atoms with Gasteiger partial charge in [0, 0.05) is 0 Å². The van der Waals surface area contributed by atoms with E-state index in [1.807, 2.05) is 0 Å². The summed E-state index contributed by atoms with van der Waals surface area (Å²) in [7, 11) is 0. The third kappa shape index (κ3) is 13.5. The SMILES string of the molecule is CCCCCCCCCC/C=C/CCCCCCc1ccc(OCC2CO2)cc1. The van der Waals surface area contributed by atoms with E-state index in [0.717, 1.165) is 12.4 Å². The van der Waals surface area contributed by atoms with E-state index >= 15 is 0 Å². The van der Waals surface area contributed by atoms with Crippen molar-refractivity contribution in [1.29, 1.82) is 0 Å². The van der Waals surface area contributed by atoms with Gasteiger partial charge in [0.15, 0.2) is 0 Å². The highest BCUT2D eigenvalue weighted by Gasteiger charge is 2.22. The number of hydrogen-bond donors (Lipinski definition) is 0. The van der Waals surface area contributed by atoms with Crippen LogP contribution in [0.1, 0.15) is 102 Å². The largest absolute Gasteiger partial charge is 0.491 e. The summed E-state index contributed by atoms with van der Waals surface area (Å²) in [5, 5.41) is 0. The molecule has 0 amide bonds. The van der Waals surface area contributed by atoms with Crippen LogP contribution in [0.5, 0.6) is 5.75 Å². The van der Waals surface area contributed by atoms with Crippen molar-refractivity contribution in [2.24, 2.45) is 0 Å². The third-order valence-corrected chi connectivity index (χ3v) is 5.74. The standard InChI is InChI=1S/C27H44O2/c1-2-3-4-5-6-7-8-9-10-11-12-13-14-15-16-17-18-25-19-21-26(22-20-25)28-23-27-24-29-27/h11-12,19-22,27H,2-10,13-18,23-24H2,1H3/b12-11+. The number of epoxide rings is 1. The van der Waals surface area contributed by atoms with Crippen LogP contribution in [-0.4, -0.2) is 19.3 Å². The summed E-state index contributed by atoms with van der Waals surface area (Å²) in [5.74, 6) is 0.961. The van der Waals surface area contributed by atoms with Gasteiger partial charge >= 0.3 is 0 Å². The average molecular weight is 401 g/mol. The molecule has 0 radical (unpaired) electrons. The molecule has 1 unspecified atom stereocenters. The molecule has 164 valence electrons. The van der Waals surface area contributed by atoms with Crippen LogP contribution in [-0.2, 0) is 11.2 Å². The lowest BCUT2D eigenvalue weighted by molar-refractivity contribution is 0.263. The fraction of sp³-hybridized carbons (Fsp3) is 0.704. The van der Waals surface area contributed by atoms with Gasteiger partial charge in [-0.15, -0.1) is 0 Å². The van der Waals surface area contributed by atoms with E-state index in [9.17, 15) is 0 Å². The van der Waals surface area contributed by atoms with Crippen LogP contribution in [0, 0.1) is 0 Å². The molecule has 2 nitrogen and oxygen atoms in total. The van der Waals surface area contributed by atoms with Crippen molar-refractivity contribution in [1.82, 2.24) is 0 Å². The minimum atomic E-state index is 0.328. The van der Waals surface area contributed by atoms with Gasteiger partial charge in [-0.05, 0) is 56.2 Å². The normalized spacial score (nSPS) is 15.8. The minimum Gasteiger partial charge on any atom is -0.491 e. The zero-order valence-electron chi connectivity index (χ0n) is 18.9. The van der Waals surface area contributed by atoms with Crippen molar-refractivity contribution in [2.45, 2.75) is 109 Å². The number of aryl methyl sites for hydroxylation is 1. The molecule has 29 heavy (non-hydrogen) atoms. The van der Waals surface area contributed by atoms with Crippen LogP contribution in [0.4, 0.5) is 0 Å². The van der Waals surface area contributed by atoms with Gasteiger partial charge in [-0.25, -0.2) is 0 Å². The summed E-state index contributed by atoms with van der Waals surface area (Å²) < 4.78 is 10.9. The predicted octanol–water partition coefficient (Wildman–Crippen LogP) is 8.04. The van der Waals surface area contributed by atoms with Gasteiger partial charge in [-0.3, -0.25) is 0 Å². The second-order valence-corrected chi connectivity index (χ2v) is 8.60. The molecule has 1 heterocycles. The Bertz CT molecular complexity index is 516. The average Bonchev–Trinajstić information content (AvgIpc) is 3.57. The Kier molecular flexibility index (Phi) is 13.7. The molecule has 2 heteroatoms. The molecule has 0 N–H and O–H groups in total. The van der Waals surface area contributed by atoms with Gasteiger partial charge in [0.1, 0.15) is 18.5 Å². The zero-order chi connectivity index (χ0) is 20.4. The number of unbranched alkanes of at least 4 members (excludes halogenated alkanes) is 12. The molecule has 1 aliphatic rings. The van der Waals surface area contributed by atoms with Gasteiger partial charge in [0.05, 0.1) is 6.61 Å². The Morgan fingerprint density at radius 1 is 0.793 bits per heavy atom. The van der Waals surface area contributed by atoms with E-state index in [2.05, 4.69) is 43.3 Å². The van der Waals surface area contributed by atoms with Crippen LogP contribution in [0.2, 0.25) is 0 Å². The van der Waals surface area contributed by atoms with Crippen molar-refractivity contribution in [3.63, 3.8) is 0 Å². The number of benzene rings is 1. The van der Waals surface area contributed by atoms with Gasteiger partial charge in [0.2, 0.25) is 0 Å². The Morgan fingerprint density at radius 3 is 1.93 bits per heavy atom. The smallest absolute Gasteiger partial charge is 0.119 e. The monoisotopic (exact) mass is 400 g/mol. The maximum Gasteiger partial charge on any atom is 0.119 e. The highest BCUT2D eigenvalue weighted by atomic mass is 16.6. The molecular weight excluding hydrogens is 356 g/mol. The van der Waals surface area contributed by atoms with Crippen LogP contribution in [0.25, 0.3) is 0 Å². The van der Waals surface area contributed by atoms with Crippen molar-refractivity contribution in [2.75, 3.05) is 13.2 Å². The first kappa shape index (κ1) is 24.0. The zero-order valence-corrected chi connectivity index (χ0v) is 18.9.